The lowest BCUT2D eigenvalue weighted by molar-refractivity contribution is 0.0951. The summed E-state index contributed by atoms with van der Waals surface area (Å²) in [5.41, 5.74) is 1.66. The maximum absolute atomic E-state index is 12.7. The van der Waals surface area contributed by atoms with Crippen LogP contribution in [0, 0.1) is 0 Å². The Kier molecular flexibility index (Phi) is 5.00. The van der Waals surface area contributed by atoms with Crippen molar-refractivity contribution in [2.24, 2.45) is 0 Å². The van der Waals surface area contributed by atoms with Gasteiger partial charge < -0.3 is 15.1 Å². The van der Waals surface area contributed by atoms with Crippen molar-refractivity contribution < 1.29 is 4.79 Å². The fourth-order valence-corrected chi connectivity index (χ4v) is 3.69. The largest absolute Gasteiger partial charge is 0.357 e. The molecule has 0 bridgehead atoms. The minimum Gasteiger partial charge on any atom is -0.357 e. The van der Waals surface area contributed by atoms with Crippen molar-refractivity contribution in [3.05, 3.63) is 47.8 Å². The molecule has 1 amide bonds. The molecule has 2 aromatic heterocycles. The van der Waals surface area contributed by atoms with E-state index in [4.69, 9.17) is 0 Å². The van der Waals surface area contributed by atoms with Crippen molar-refractivity contribution >= 4 is 17.5 Å². The van der Waals surface area contributed by atoms with Crippen molar-refractivity contribution in [1.29, 1.82) is 0 Å². The zero-order valence-corrected chi connectivity index (χ0v) is 15.0. The topological polar surface area (TPSA) is 61.4 Å². The third kappa shape index (κ3) is 3.64. The highest BCUT2D eigenvalue weighted by Gasteiger charge is 2.20. The van der Waals surface area contributed by atoms with Crippen molar-refractivity contribution in [2.75, 3.05) is 36.0 Å². The lowest BCUT2D eigenvalue weighted by atomic mass is 10.2. The smallest absolute Gasteiger partial charge is 0.255 e. The number of nitrogens with one attached hydrogen (secondary N) is 1. The number of carbonyl (C=O) groups excluding carboxylic acids is 1. The molecule has 2 aliphatic rings. The zero-order valence-electron chi connectivity index (χ0n) is 15.0. The minimum atomic E-state index is -0.0800. The van der Waals surface area contributed by atoms with Crippen LogP contribution in [0.25, 0.3) is 0 Å². The number of hydrogen-bond donors (Lipinski definition) is 1. The molecule has 0 aliphatic carbocycles. The molecule has 2 saturated heterocycles. The molecule has 0 atom stereocenters. The first kappa shape index (κ1) is 16.8. The van der Waals surface area contributed by atoms with Crippen LogP contribution >= 0.6 is 0 Å². The minimum absolute atomic E-state index is 0.0800. The van der Waals surface area contributed by atoms with Crippen molar-refractivity contribution in [2.45, 2.75) is 32.2 Å². The Bertz CT molecular complexity index is 749. The quantitative estimate of drug-likeness (QED) is 0.897. The monoisotopic (exact) mass is 351 g/mol. The highest BCUT2D eigenvalue weighted by atomic mass is 16.1. The third-order valence-electron chi connectivity index (χ3n) is 5.13. The number of pyridine rings is 2. The van der Waals surface area contributed by atoms with Gasteiger partial charge in [-0.05, 0) is 49.4 Å². The van der Waals surface area contributed by atoms with Gasteiger partial charge in [-0.3, -0.25) is 4.79 Å². The Morgan fingerprint density at radius 3 is 2.38 bits per heavy atom. The molecule has 0 saturated carbocycles. The molecule has 4 heterocycles. The van der Waals surface area contributed by atoms with Crippen LogP contribution in [-0.4, -0.2) is 42.1 Å². The molecule has 2 fully saturated rings. The fourth-order valence-electron chi connectivity index (χ4n) is 3.69. The summed E-state index contributed by atoms with van der Waals surface area (Å²) in [6, 6.07) is 7.77. The first-order chi connectivity index (χ1) is 12.8. The van der Waals surface area contributed by atoms with E-state index in [0.29, 0.717) is 12.1 Å². The van der Waals surface area contributed by atoms with Gasteiger partial charge in [-0.2, -0.15) is 0 Å². The predicted molar refractivity (Wildman–Crippen MR) is 103 cm³/mol. The van der Waals surface area contributed by atoms with Crippen LogP contribution in [0.15, 0.2) is 36.7 Å². The number of rotatable bonds is 5. The molecule has 26 heavy (non-hydrogen) atoms. The van der Waals surface area contributed by atoms with Gasteiger partial charge in [-0.25, -0.2) is 9.97 Å². The van der Waals surface area contributed by atoms with Gasteiger partial charge in [0.25, 0.3) is 5.91 Å². The van der Waals surface area contributed by atoms with E-state index >= 15 is 0 Å². The molecule has 0 spiro atoms. The second kappa shape index (κ2) is 7.72. The number of aromatic nitrogens is 2. The Hall–Kier alpha value is -2.63. The van der Waals surface area contributed by atoms with Crippen LogP contribution in [-0.2, 0) is 6.54 Å². The molecule has 6 nitrogen and oxygen atoms in total. The molecule has 4 rings (SSSR count). The van der Waals surface area contributed by atoms with E-state index in [1.54, 1.807) is 6.20 Å². The maximum atomic E-state index is 12.7. The molecule has 6 heteroatoms. The Labute approximate surface area is 154 Å². The molecular weight excluding hydrogens is 326 g/mol. The molecular formula is C20H25N5O. The van der Waals surface area contributed by atoms with Gasteiger partial charge in [-0.15, -0.1) is 0 Å². The normalized spacial score (nSPS) is 16.9. The lowest BCUT2D eigenvalue weighted by Gasteiger charge is -2.19. The van der Waals surface area contributed by atoms with Crippen molar-refractivity contribution in [3.8, 4) is 0 Å². The van der Waals surface area contributed by atoms with Crippen molar-refractivity contribution in [3.63, 3.8) is 0 Å². The fraction of sp³-hybridized carbons (Fsp3) is 0.450. The predicted octanol–water partition coefficient (Wildman–Crippen LogP) is 2.61. The lowest BCUT2D eigenvalue weighted by Crippen LogP contribution is -2.28. The summed E-state index contributed by atoms with van der Waals surface area (Å²) < 4.78 is 0. The van der Waals surface area contributed by atoms with Gasteiger partial charge in [0.1, 0.15) is 11.6 Å². The number of hydrogen-bond acceptors (Lipinski definition) is 5. The van der Waals surface area contributed by atoms with Gasteiger partial charge in [0.15, 0.2) is 0 Å². The van der Waals surface area contributed by atoms with Gasteiger partial charge in [-0.1, -0.05) is 6.07 Å². The number of carbonyl (C=O) groups is 1. The molecule has 0 radical (unpaired) electrons. The van der Waals surface area contributed by atoms with Gasteiger partial charge >= 0.3 is 0 Å². The summed E-state index contributed by atoms with van der Waals surface area (Å²) >= 11 is 0. The Balaban J connectivity index is 1.39. The van der Waals surface area contributed by atoms with Crippen LogP contribution in [0.4, 0.5) is 11.6 Å². The van der Waals surface area contributed by atoms with E-state index < -0.39 is 0 Å². The number of nitrogens with zero attached hydrogens (tertiary/aromatic N) is 4. The molecule has 2 aliphatic heterocycles. The molecule has 0 unspecified atom stereocenters. The van der Waals surface area contributed by atoms with Crippen LogP contribution in [0.5, 0.6) is 0 Å². The molecule has 136 valence electrons. The molecule has 2 aromatic rings. The number of amides is 1. The maximum Gasteiger partial charge on any atom is 0.255 e. The summed E-state index contributed by atoms with van der Waals surface area (Å²) in [5.74, 6) is 1.75. The molecule has 0 aromatic carbocycles. The Morgan fingerprint density at radius 2 is 1.69 bits per heavy atom. The van der Waals surface area contributed by atoms with E-state index in [2.05, 4.69) is 25.1 Å². The first-order valence-corrected chi connectivity index (χ1v) is 9.49. The third-order valence-corrected chi connectivity index (χ3v) is 5.13. The van der Waals surface area contributed by atoms with Crippen LogP contribution in [0.3, 0.4) is 0 Å². The highest BCUT2D eigenvalue weighted by molar-refractivity contribution is 5.98. The second-order valence-electron chi connectivity index (χ2n) is 6.97. The van der Waals surface area contributed by atoms with Crippen LogP contribution < -0.4 is 15.1 Å². The first-order valence-electron chi connectivity index (χ1n) is 9.49. The number of anilines is 2. The van der Waals surface area contributed by atoms with Gasteiger partial charge in [0, 0.05) is 45.1 Å². The van der Waals surface area contributed by atoms with E-state index in [1.165, 1.54) is 12.8 Å². The summed E-state index contributed by atoms with van der Waals surface area (Å²) in [6.07, 6.45) is 8.41. The highest BCUT2D eigenvalue weighted by Crippen LogP contribution is 2.22. The average Bonchev–Trinajstić information content (AvgIpc) is 3.40. The van der Waals surface area contributed by atoms with E-state index in [9.17, 15) is 4.79 Å². The van der Waals surface area contributed by atoms with Crippen LogP contribution in [0.1, 0.15) is 41.6 Å². The SMILES string of the molecule is O=C(NCc1ccc(N2CCCC2)nc1)c1cccnc1N1CCCC1. The summed E-state index contributed by atoms with van der Waals surface area (Å²) in [6.45, 7) is 4.59. The van der Waals surface area contributed by atoms with E-state index in [0.717, 1.165) is 56.2 Å². The summed E-state index contributed by atoms with van der Waals surface area (Å²) in [5, 5.41) is 3.01. The second-order valence-corrected chi connectivity index (χ2v) is 6.97. The standard InChI is InChI=1S/C20H25N5O/c26-20(17-6-5-9-21-19(17)25-12-3-4-13-25)23-15-16-7-8-18(22-14-16)24-10-1-2-11-24/h5-9,14H,1-4,10-13,15H2,(H,23,26). The van der Waals surface area contributed by atoms with E-state index in [1.807, 2.05) is 30.5 Å². The van der Waals surface area contributed by atoms with Crippen LogP contribution in [0.2, 0.25) is 0 Å². The van der Waals surface area contributed by atoms with Gasteiger partial charge in [0.2, 0.25) is 0 Å². The molecule has 1 N–H and O–H groups in total. The average molecular weight is 351 g/mol. The van der Waals surface area contributed by atoms with Crippen molar-refractivity contribution in [1.82, 2.24) is 15.3 Å². The summed E-state index contributed by atoms with van der Waals surface area (Å²) in [4.78, 5) is 26.2. The Morgan fingerprint density at radius 1 is 0.962 bits per heavy atom. The summed E-state index contributed by atoms with van der Waals surface area (Å²) in [7, 11) is 0. The van der Waals surface area contributed by atoms with Gasteiger partial charge in [0.05, 0.1) is 5.56 Å². The zero-order chi connectivity index (χ0) is 17.8. The van der Waals surface area contributed by atoms with E-state index in [-0.39, 0.29) is 5.91 Å².